The zero-order valence-electron chi connectivity index (χ0n) is 10.2. The van der Waals surface area contributed by atoms with Gasteiger partial charge in [-0.05, 0) is 30.9 Å². The molecule has 2 atom stereocenters. The van der Waals surface area contributed by atoms with Crippen molar-refractivity contribution in [1.29, 1.82) is 0 Å². The number of fused-ring (bicyclic) bond motifs is 1. The van der Waals surface area contributed by atoms with Gasteiger partial charge in [-0.2, -0.15) is 0 Å². The van der Waals surface area contributed by atoms with Gasteiger partial charge in [-0.1, -0.05) is 0 Å². The van der Waals surface area contributed by atoms with Crippen molar-refractivity contribution in [3.8, 4) is 0 Å². The van der Waals surface area contributed by atoms with Crippen LogP contribution in [-0.4, -0.2) is 37.2 Å². The number of carbonyl (C=O) groups is 1. The summed E-state index contributed by atoms with van der Waals surface area (Å²) in [6, 6.07) is 1.45. The Labute approximate surface area is 121 Å². The first-order chi connectivity index (χ1) is 8.94. The van der Waals surface area contributed by atoms with Crippen LogP contribution in [0.2, 0.25) is 0 Å². The van der Waals surface area contributed by atoms with Crippen molar-refractivity contribution in [2.45, 2.75) is 30.7 Å². The molecule has 2 unspecified atom stereocenters. The van der Waals surface area contributed by atoms with E-state index in [4.69, 9.17) is 11.6 Å². The molecule has 0 bridgehead atoms. The van der Waals surface area contributed by atoms with Crippen LogP contribution in [0.1, 0.15) is 26.5 Å². The molecule has 2 aliphatic rings. The number of aryl methyl sites for hydroxylation is 2. The van der Waals surface area contributed by atoms with E-state index in [9.17, 15) is 13.2 Å². The Hall–Kier alpha value is -0.590. The van der Waals surface area contributed by atoms with Gasteiger partial charge in [0.05, 0.1) is 27.8 Å². The first kappa shape index (κ1) is 13.4. The summed E-state index contributed by atoms with van der Waals surface area (Å²) in [6.07, 6.45) is 3.24. The van der Waals surface area contributed by atoms with Gasteiger partial charge in [-0.25, -0.2) is 8.42 Å². The van der Waals surface area contributed by atoms with Crippen molar-refractivity contribution in [2.24, 2.45) is 0 Å². The molecule has 2 heterocycles. The van der Waals surface area contributed by atoms with E-state index in [-0.39, 0.29) is 17.4 Å². The molecule has 1 fully saturated rings. The number of sulfone groups is 1. The van der Waals surface area contributed by atoms with Crippen LogP contribution in [0.25, 0.3) is 0 Å². The minimum absolute atomic E-state index is 0.0551. The van der Waals surface area contributed by atoms with E-state index in [0.717, 1.165) is 19.3 Å². The zero-order chi connectivity index (χ0) is 13.6. The van der Waals surface area contributed by atoms with Crippen LogP contribution in [-0.2, 0) is 22.7 Å². The Bertz CT molecular complexity index is 601. The summed E-state index contributed by atoms with van der Waals surface area (Å²) < 4.78 is 22.9. The summed E-state index contributed by atoms with van der Waals surface area (Å²) in [5.74, 6) is -0.314. The van der Waals surface area contributed by atoms with Gasteiger partial charge in [-0.3, -0.25) is 4.79 Å². The molecule has 1 aromatic rings. The molecule has 0 spiro atoms. The fraction of sp³-hybridized carbons (Fsp3) is 0.583. The van der Waals surface area contributed by atoms with Crippen molar-refractivity contribution in [1.82, 2.24) is 5.32 Å². The van der Waals surface area contributed by atoms with Crippen LogP contribution < -0.4 is 5.32 Å². The lowest BCUT2D eigenvalue weighted by atomic mass is 10.2. The highest BCUT2D eigenvalue weighted by Gasteiger charge is 2.37. The molecule has 1 aliphatic carbocycles. The predicted octanol–water partition coefficient (Wildman–Crippen LogP) is 1.37. The molecular weight excluding hydrogens is 306 g/mol. The highest BCUT2D eigenvalue weighted by molar-refractivity contribution is 7.91. The van der Waals surface area contributed by atoms with Gasteiger partial charge in [0.25, 0.3) is 5.91 Å². The van der Waals surface area contributed by atoms with Crippen molar-refractivity contribution in [2.75, 3.05) is 11.5 Å². The number of amides is 1. The Kier molecular flexibility index (Phi) is 3.35. The Morgan fingerprint density at radius 3 is 2.79 bits per heavy atom. The molecule has 0 saturated carbocycles. The van der Waals surface area contributed by atoms with E-state index >= 15 is 0 Å². The fourth-order valence-electron chi connectivity index (χ4n) is 2.62. The quantitative estimate of drug-likeness (QED) is 0.837. The van der Waals surface area contributed by atoms with Crippen molar-refractivity contribution in [3.63, 3.8) is 0 Å². The summed E-state index contributed by atoms with van der Waals surface area (Å²) in [5.41, 5.74) is 1.26. The van der Waals surface area contributed by atoms with Crippen LogP contribution in [0.4, 0.5) is 0 Å². The third-order valence-corrected chi connectivity index (χ3v) is 7.18. The van der Waals surface area contributed by atoms with Crippen LogP contribution >= 0.6 is 22.9 Å². The average molecular weight is 320 g/mol. The summed E-state index contributed by atoms with van der Waals surface area (Å²) in [7, 11) is -3.11. The molecule has 3 rings (SSSR count). The minimum atomic E-state index is -3.11. The van der Waals surface area contributed by atoms with E-state index in [1.54, 1.807) is 0 Å². The lowest BCUT2D eigenvalue weighted by Gasteiger charge is -2.13. The summed E-state index contributed by atoms with van der Waals surface area (Å²) in [4.78, 5) is 14.1. The maximum atomic E-state index is 12.1. The van der Waals surface area contributed by atoms with Gasteiger partial charge in [0.15, 0.2) is 9.84 Å². The largest absolute Gasteiger partial charge is 0.346 e. The number of carbonyl (C=O) groups excluding carboxylic acids is 1. The van der Waals surface area contributed by atoms with E-state index in [0.29, 0.717) is 4.88 Å². The van der Waals surface area contributed by atoms with Crippen LogP contribution in [0.15, 0.2) is 6.07 Å². The normalized spacial score (nSPS) is 28.3. The summed E-state index contributed by atoms with van der Waals surface area (Å²) in [6.45, 7) is 0. The Morgan fingerprint density at radius 1 is 1.37 bits per heavy atom. The van der Waals surface area contributed by atoms with E-state index < -0.39 is 21.3 Å². The molecule has 4 nitrogen and oxygen atoms in total. The van der Waals surface area contributed by atoms with Crippen molar-refractivity contribution >= 4 is 38.7 Å². The zero-order valence-corrected chi connectivity index (χ0v) is 12.6. The molecule has 0 radical (unpaired) electrons. The number of nitrogens with one attached hydrogen (secondary N) is 1. The molecule has 7 heteroatoms. The van der Waals surface area contributed by atoms with Crippen LogP contribution in [0, 0.1) is 0 Å². The molecule has 0 aromatic carbocycles. The summed E-state index contributed by atoms with van der Waals surface area (Å²) >= 11 is 7.49. The molecule has 1 saturated heterocycles. The lowest BCUT2D eigenvalue weighted by molar-refractivity contribution is 0.0945. The smallest absolute Gasteiger partial charge is 0.261 e. The van der Waals surface area contributed by atoms with Crippen LogP contribution in [0.5, 0.6) is 0 Å². The molecular formula is C12H14ClNO3S2. The molecule has 1 N–H and O–H groups in total. The molecule has 1 amide bonds. The van der Waals surface area contributed by atoms with E-state index in [2.05, 4.69) is 5.32 Å². The Balaban J connectivity index is 1.71. The minimum Gasteiger partial charge on any atom is -0.346 e. The highest BCUT2D eigenvalue weighted by Crippen LogP contribution is 2.30. The van der Waals surface area contributed by atoms with E-state index in [1.807, 2.05) is 6.07 Å². The average Bonchev–Trinajstić information content (AvgIpc) is 2.91. The fourth-order valence-corrected chi connectivity index (χ4v) is 6.32. The van der Waals surface area contributed by atoms with Gasteiger partial charge < -0.3 is 5.32 Å². The molecule has 1 aliphatic heterocycles. The Morgan fingerprint density at radius 2 is 2.16 bits per heavy atom. The summed E-state index contributed by atoms with van der Waals surface area (Å²) in [5, 5.41) is 2.22. The number of hydrogen-bond acceptors (Lipinski definition) is 4. The number of alkyl halides is 1. The van der Waals surface area contributed by atoms with Gasteiger partial charge in [-0.15, -0.1) is 22.9 Å². The number of thiophene rings is 1. The molecule has 1 aromatic heterocycles. The lowest BCUT2D eigenvalue weighted by Crippen LogP contribution is -2.40. The second-order valence-corrected chi connectivity index (χ2v) is 8.94. The van der Waals surface area contributed by atoms with Crippen molar-refractivity contribution < 1.29 is 13.2 Å². The number of halogens is 1. The second kappa shape index (κ2) is 4.75. The van der Waals surface area contributed by atoms with Gasteiger partial charge in [0.1, 0.15) is 0 Å². The topological polar surface area (TPSA) is 63.2 Å². The number of hydrogen-bond donors (Lipinski definition) is 1. The first-order valence-corrected chi connectivity index (χ1v) is 9.29. The van der Waals surface area contributed by atoms with Crippen LogP contribution in [0.3, 0.4) is 0 Å². The monoisotopic (exact) mass is 319 g/mol. The maximum Gasteiger partial charge on any atom is 0.261 e. The molecule has 104 valence electrons. The third-order valence-electron chi connectivity index (χ3n) is 3.57. The second-order valence-electron chi connectivity index (χ2n) is 5.09. The maximum absolute atomic E-state index is 12.1. The van der Waals surface area contributed by atoms with Gasteiger partial charge >= 0.3 is 0 Å². The van der Waals surface area contributed by atoms with Crippen molar-refractivity contribution in [3.05, 3.63) is 21.4 Å². The first-order valence-electron chi connectivity index (χ1n) is 6.21. The third kappa shape index (κ3) is 2.66. The van der Waals surface area contributed by atoms with E-state index in [1.165, 1.54) is 21.8 Å². The standard InChI is InChI=1S/C12H14ClNO3S2/c13-8-5-19(16,17)6-9(8)14-12(15)11-4-7-2-1-3-10(7)18-11/h4,8-9H,1-3,5-6H2,(H,14,15). The highest BCUT2D eigenvalue weighted by atomic mass is 35.5. The predicted molar refractivity (Wildman–Crippen MR) is 75.9 cm³/mol. The molecule has 19 heavy (non-hydrogen) atoms. The number of rotatable bonds is 2. The SMILES string of the molecule is O=C(NC1CS(=O)(=O)CC1Cl)c1cc2c(s1)CCC2. The van der Waals surface area contributed by atoms with Gasteiger partial charge in [0, 0.05) is 4.88 Å². The van der Waals surface area contributed by atoms with Gasteiger partial charge in [0.2, 0.25) is 0 Å².